The molecule has 0 heterocycles. The quantitative estimate of drug-likeness (QED) is 0.320. The van der Waals surface area contributed by atoms with Crippen molar-refractivity contribution in [2.75, 3.05) is 0 Å². The van der Waals surface area contributed by atoms with E-state index in [1.807, 2.05) is 0 Å². The van der Waals surface area contributed by atoms with Crippen LogP contribution in [-0.2, 0) is 0 Å². The van der Waals surface area contributed by atoms with Gasteiger partial charge in [0.2, 0.25) is 0 Å². The van der Waals surface area contributed by atoms with E-state index in [1.165, 1.54) is 6.08 Å². The van der Waals surface area contributed by atoms with Gasteiger partial charge in [0.05, 0.1) is 48.9 Å². The molecule has 0 unspecified atom stereocenters. The van der Waals surface area contributed by atoms with E-state index in [2.05, 4.69) is 11.8 Å². The second-order valence-electron chi connectivity index (χ2n) is 6.95. The molecule has 2 aromatic rings. The van der Waals surface area contributed by atoms with E-state index < -0.39 is 42.4 Å². The molecule has 12 nitrogen and oxygen atoms in total. The lowest BCUT2D eigenvalue weighted by atomic mass is 10.0. The summed E-state index contributed by atoms with van der Waals surface area (Å²) in [6.07, 6.45) is 8.46. The van der Waals surface area contributed by atoms with E-state index in [0.29, 0.717) is 12.1 Å². The van der Waals surface area contributed by atoms with E-state index in [9.17, 15) is 40.5 Å². The maximum atomic E-state index is 11.7. The molecule has 0 N–H and O–H groups in total. The van der Waals surface area contributed by atoms with Crippen molar-refractivity contribution in [1.29, 1.82) is 0 Å². The number of benzene rings is 2. The number of nitro benzene ring substituents is 4. The molecule has 0 saturated carbocycles. The summed E-state index contributed by atoms with van der Waals surface area (Å²) < 4.78 is 0. The smallest absolute Gasteiger partial charge is 0.258 e. The molecule has 4 rings (SSSR count). The van der Waals surface area contributed by atoms with Gasteiger partial charge in [-0.1, -0.05) is 36.1 Å². The fourth-order valence-corrected chi connectivity index (χ4v) is 3.71. The Morgan fingerprint density at radius 2 is 1.15 bits per heavy atom. The maximum absolute atomic E-state index is 11.7. The Kier molecular flexibility index (Phi) is 4.99. The molecule has 0 atom stereocenters. The first-order chi connectivity index (χ1) is 15.7. The van der Waals surface area contributed by atoms with Crippen molar-refractivity contribution in [3.63, 3.8) is 0 Å². The van der Waals surface area contributed by atoms with Crippen molar-refractivity contribution in [3.8, 4) is 23.0 Å². The van der Waals surface area contributed by atoms with E-state index in [-0.39, 0.29) is 33.7 Å². The van der Waals surface area contributed by atoms with Gasteiger partial charge in [-0.2, -0.15) is 0 Å². The summed E-state index contributed by atoms with van der Waals surface area (Å²) >= 11 is 0. The van der Waals surface area contributed by atoms with Crippen molar-refractivity contribution in [2.24, 2.45) is 5.92 Å². The Balaban J connectivity index is 2.10. The summed E-state index contributed by atoms with van der Waals surface area (Å²) in [4.78, 5) is 42.8. The summed E-state index contributed by atoms with van der Waals surface area (Å²) in [5.41, 5.74) is -3.12. The molecule has 12 heteroatoms. The number of allylic oxidation sites excluding steroid dienone is 5. The highest BCUT2D eigenvalue weighted by atomic mass is 16.6. The van der Waals surface area contributed by atoms with Crippen LogP contribution in [0.1, 0.15) is 11.1 Å². The monoisotopic (exact) mass is 446 g/mol. The van der Waals surface area contributed by atoms with Crippen LogP contribution in [0.25, 0.3) is 16.7 Å². The van der Waals surface area contributed by atoms with Crippen molar-refractivity contribution in [2.45, 2.75) is 0 Å². The zero-order chi connectivity index (χ0) is 23.9. The lowest BCUT2D eigenvalue weighted by Crippen LogP contribution is -1.99. The van der Waals surface area contributed by atoms with Gasteiger partial charge in [0, 0.05) is 23.3 Å². The molecule has 0 aromatic heterocycles. The summed E-state index contributed by atoms with van der Waals surface area (Å²) in [6, 6.07) is 3.49. The van der Waals surface area contributed by atoms with Gasteiger partial charge in [-0.05, 0) is 11.6 Å². The zero-order valence-corrected chi connectivity index (χ0v) is 16.3. The highest BCUT2D eigenvalue weighted by Gasteiger charge is 2.40. The molecular weight excluding hydrogens is 436 g/mol. The number of nitro groups is 4. The van der Waals surface area contributed by atoms with Gasteiger partial charge in [-0.15, -0.1) is 0 Å². The van der Waals surface area contributed by atoms with Gasteiger partial charge in [0.1, 0.15) is 0 Å². The Bertz CT molecular complexity index is 1350. The number of hydrogen-bond acceptors (Lipinski definition) is 8. The minimum absolute atomic E-state index is 0.0405. The summed E-state index contributed by atoms with van der Waals surface area (Å²) in [6.45, 7) is 0. The molecule has 2 aromatic carbocycles. The van der Waals surface area contributed by atoms with Crippen molar-refractivity contribution < 1.29 is 19.7 Å². The first-order valence-corrected chi connectivity index (χ1v) is 9.20. The number of nitrogens with zero attached hydrogens (tertiary/aromatic N) is 4. The molecule has 0 aliphatic heterocycles. The van der Waals surface area contributed by atoms with Crippen LogP contribution in [0.5, 0.6) is 0 Å². The van der Waals surface area contributed by atoms with E-state index in [1.54, 1.807) is 24.3 Å². The van der Waals surface area contributed by atoms with Crippen LogP contribution in [0.15, 0.2) is 54.6 Å². The number of rotatable bonds is 4. The second-order valence-corrected chi connectivity index (χ2v) is 6.95. The fraction of sp³-hybridized carbons (Fsp3) is 0.0476. The van der Waals surface area contributed by atoms with Crippen molar-refractivity contribution >= 4 is 28.3 Å². The second kappa shape index (κ2) is 7.82. The summed E-state index contributed by atoms with van der Waals surface area (Å²) in [5, 5.41) is 46.2. The fourth-order valence-electron chi connectivity index (χ4n) is 3.71. The minimum Gasteiger partial charge on any atom is -0.258 e. The molecule has 0 amide bonds. The number of hydrogen-bond donors (Lipinski definition) is 0. The first-order valence-electron chi connectivity index (χ1n) is 9.20. The molecule has 2 aliphatic carbocycles. The number of fused-ring (bicyclic) bond motifs is 3. The van der Waals surface area contributed by atoms with Crippen LogP contribution in [0.3, 0.4) is 0 Å². The lowest BCUT2D eigenvalue weighted by Gasteiger charge is -2.04. The van der Waals surface area contributed by atoms with E-state index >= 15 is 0 Å². The maximum Gasteiger partial charge on any atom is 0.284 e. The predicted molar refractivity (Wildman–Crippen MR) is 115 cm³/mol. The van der Waals surface area contributed by atoms with Gasteiger partial charge in [-0.3, -0.25) is 40.5 Å². The van der Waals surface area contributed by atoms with Gasteiger partial charge < -0.3 is 0 Å². The molecular formula is C21H10N4O8. The SMILES string of the molecule is O=[N+]([O-])c1cc2c(c([N+](=O)[O-])c1)-c1c(cc([N+](=O)[O-])cc1[N+](=O)[O-])C2=CC#CC1C=CC=C1. The molecule has 0 bridgehead atoms. The minimum atomic E-state index is -0.885. The van der Waals surface area contributed by atoms with Crippen LogP contribution >= 0.6 is 0 Å². The third-order valence-electron chi connectivity index (χ3n) is 5.06. The summed E-state index contributed by atoms with van der Waals surface area (Å²) in [5.74, 6) is 5.43. The molecule has 0 radical (unpaired) electrons. The highest BCUT2D eigenvalue weighted by molar-refractivity contribution is 6.08. The van der Waals surface area contributed by atoms with E-state index in [0.717, 1.165) is 12.1 Å². The van der Waals surface area contributed by atoms with Gasteiger partial charge >= 0.3 is 0 Å². The Morgan fingerprint density at radius 1 is 0.697 bits per heavy atom. The molecule has 33 heavy (non-hydrogen) atoms. The van der Waals surface area contributed by atoms with Gasteiger partial charge in [0.15, 0.2) is 0 Å². The molecule has 162 valence electrons. The lowest BCUT2D eigenvalue weighted by molar-refractivity contribution is -0.395. The first kappa shape index (κ1) is 21.1. The Hall–Kier alpha value is -5.18. The van der Waals surface area contributed by atoms with Crippen LogP contribution in [0, 0.1) is 58.2 Å². The number of non-ortho nitro benzene ring substituents is 2. The zero-order valence-electron chi connectivity index (χ0n) is 16.3. The Morgan fingerprint density at radius 3 is 1.55 bits per heavy atom. The molecule has 0 fully saturated rings. The predicted octanol–water partition coefficient (Wildman–Crippen LogP) is 4.48. The largest absolute Gasteiger partial charge is 0.284 e. The van der Waals surface area contributed by atoms with Crippen LogP contribution in [-0.4, -0.2) is 19.7 Å². The molecule has 2 aliphatic rings. The Labute approximate surface area is 183 Å². The molecule has 0 saturated heterocycles. The molecule has 0 spiro atoms. The standard InChI is InChI=1S/C21H10N4O8/c26-22(27)13-8-16-15(7-3-6-12-4-1-2-5-12)17-9-14(23(28)29)11-19(25(32)33)21(17)20(16)18(10-13)24(30)31/h1-2,4-5,7-12H. The average molecular weight is 446 g/mol. The average Bonchev–Trinajstić information content (AvgIpc) is 3.38. The third kappa shape index (κ3) is 3.59. The van der Waals surface area contributed by atoms with E-state index in [4.69, 9.17) is 0 Å². The van der Waals surface area contributed by atoms with Gasteiger partial charge in [0.25, 0.3) is 22.7 Å². The normalized spacial score (nSPS) is 13.2. The van der Waals surface area contributed by atoms with Crippen molar-refractivity contribution in [3.05, 3.63) is 106 Å². The van der Waals surface area contributed by atoms with Crippen molar-refractivity contribution in [1.82, 2.24) is 0 Å². The third-order valence-corrected chi connectivity index (χ3v) is 5.06. The van der Waals surface area contributed by atoms with Crippen LogP contribution in [0.2, 0.25) is 0 Å². The van der Waals surface area contributed by atoms with Crippen LogP contribution in [0.4, 0.5) is 22.7 Å². The highest BCUT2D eigenvalue weighted by Crippen LogP contribution is 2.54. The topological polar surface area (TPSA) is 173 Å². The summed E-state index contributed by atoms with van der Waals surface area (Å²) in [7, 11) is 0. The van der Waals surface area contributed by atoms with Crippen LogP contribution < -0.4 is 0 Å². The van der Waals surface area contributed by atoms with Gasteiger partial charge in [-0.25, -0.2) is 0 Å².